The molecule has 1 aromatic carbocycles. The van der Waals surface area contributed by atoms with Crippen LogP contribution in [0, 0.1) is 5.92 Å². The van der Waals surface area contributed by atoms with Crippen LogP contribution in [0.25, 0.3) is 5.69 Å². The summed E-state index contributed by atoms with van der Waals surface area (Å²) in [5, 5.41) is 17.0. The zero-order chi connectivity index (χ0) is 18.7. The van der Waals surface area contributed by atoms with Crippen LogP contribution >= 0.6 is 0 Å². The molecule has 2 N–H and O–H groups in total. The number of benzene rings is 1. The maximum atomic E-state index is 12.9. The van der Waals surface area contributed by atoms with Crippen molar-refractivity contribution in [2.24, 2.45) is 5.92 Å². The van der Waals surface area contributed by atoms with Crippen molar-refractivity contribution in [1.29, 1.82) is 0 Å². The van der Waals surface area contributed by atoms with Gasteiger partial charge in [0.05, 0.1) is 25.1 Å². The Morgan fingerprint density at radius 3 is 2.69 bits per heavy atom. The third-order valence-corrected chi connectivity index (χ3v) is 4.57. The molecule has 138 valence electrons. The summed E-state index contributed by atoms with van der Waals surface area (Å²) < 4.78 is 6.97. The molecule has 1 aliphatic heterocycles. The molecule has 1 saturated heterocycles. The fraction of sp³-hybridized carbons (Fsp3) is 0.389. The molecule has 0 aliphatic carbocycles. The van der Waals surface area contributed by atoms with E-state index in [1.54, 1.807) is 11.7 Å². The molecule has 2 atom stereocenters. The lowest BCUT2D eigenvalue weighted by molar-refractivity contribution is -0.122. The number of amides is 2. The Kier molecular flexibility index (Phi) is 5.22. The summed E-state index contributed by atoms with van der Waals surface area (Å²) in [5.41, 5.74) is 1.10. The Morgan fingerprint density at radius 1 is 1.31 bits per heavy atom. The second-order valence-corrected chi connectivity index (χ2v) is 6.23. The van der Waals surface area contributed by atoms with Gasteiger partial charge >= 0.3 is 0 Å². The van der Waals surface area contributed by atoms with Gasteiger partial charge in [-0.2, -0.15) is 5.10 Å². The second kappa shape index (κ2) is 7.57. The summed E-state index contributed by atoms with van der Waals surface area (Å²) in [4.78, 5) is 26.0. The predicted molar refractivity (Wildman–Crippen MR) is 94.2 cm³/mol. The van der Waals surface area contributed by atoms with Crippen LogP contribution in [-0.2, 0) is 4.79 Å². The van der Waals surface area contributed by atoms with Crippen molar-refractivity contribution in [3.63, 3.8) is 0 Å². The number of aromatic nitrogens is 2. The van der Waals surface area contributed by atoms with Gasteiger partial charge in [-0.25, -0.2) is 4.68 Å². The SMILES string of the molecule is CNC(=O)C[C@@H]1CN(C(=O)c2cnn(-c3ccccc3)c2OC)C[C@H]1O. The molecule has 1 aliphatic rings. The van der Waals surface area contributed by atoms with Gasteiger partial charge in [0.25, 0.3) is 5.91 Å². The standard InChI is InChI=1S/C18H22N4O4/c1-19-16(24)8-12-10-21(11-15(12)23)17(25)14-9-20-22(18(14)26-2)13-6-4-3-5-7-13/h3-7,9,12,15,23H,8,10-11H2,1-2H3,(H,19,24)/t12-,15-/m1/s1. The molecular formula is C18H22N4O4. The number of hydrogen-bond acceptors (Lipinski definition) is 5. The molecule has 0 radical (unpaired) electrons. The lowest BCUT2D eigenvalue weighted by Gasteiger charge is -2.16. The highest BCUT2D eigenvalue weighted by Crippen LogP contribution is 2.27. The van der Waals surface area contributed by atoms with Gasteiger partial charge < -0.3 is 20.1 Å². The van der Waals surface area contributed by atoms with Gasteiger partial charge in [0.15, 0.2) is 0 Å². The van der Waals surface area contributed by atoms with E-state index in [-0.39, 0.29) is 30.7 Å². The van der Waals surface area contributed by atoms with Crippen molar-refractivity contribution >= 4 is 11.8 Å². The van der Waals surface area contributed by atoms with Crippen molar-refractivity contribution in [3.05, 3.63) is 42.1 Å². The van der Waals surface area contributed by atoms with E-state index in [0.29, 0.717) is 18.0 Å². The first-order valence-electron chi connectivity index (χ1n) is 8.40. The Morgan fingerprint density at radius 2 is 2.04 bits per heavy atom. The smallest absolute Gasteiger partial charge is 0.261 e. The molecule has 0 bridgehead atoms. The highest BCUT2D eigenvalue weighted by Gasteiger charge is 2.37. The van der Waals surface area contributed by atoms with Crippen LogP contribution in [0.4, 0.5) is 0 Å². The average Bonchev–Trinajstić information content (AvgIpc) is 3.25. The van der Waals surface area contributed by atoms with E-state index in [4.69, 9.17) is 4.74 Å². The van der Waals surface area contributed by atoms with E-state index in [2.05, 4.69) is 10.4 Å². The van der Waals surface area contributed by atoms with Crippen LogP contribution in [0.2, 0.25) is 0 Å². The third-order valence-electron chi connectivity index (χ3n) is 4.57. The molecule has 1 aromatic heterocycles. The highest BCUT2D eigenvalue weighted by atomic mass is 16.5. The van der Waals surface area contributed by atoms with E-state index >= 15 is 0 Å². The molecule has 2 amide bonds. The zero-order valence-electron chi connectivity index (χ0n) is 14.8. The first kappa shape index (κ1) is 17.9. The van der Waals surface area contributed by atoms with Crippen molar-refractivity contribution < 1.29 is 19.4 Å². The number of rotatable bonds is 5. The lowest BCUT2D eigenvalue weighted by Crippen LogP contribution is -2.30. The number of carbonyl (C=O) groups is 2. The second-order valence-electron chi connectivity index (χ2n) is 6.23. The Hall–Kier alpha value is -2.87. The van der Waals surface area contributed by atoms with Gasteiger partial charge in [0.2, 0.25) is 11.8 Å². The van der Waals surface area contributed by atoms with Gasteiger partial charge in [-0.05, 0) is 12.1 Å². The molecule has 3 rings (SSSR count). The summed E-state index contributed by atoms with van der Waals surface area (Å²) in [6.07, 6.45) is 0.917. The number of hydrogen-bond donors (Lipinski definition) is 2. The number of likely N-dealkylation sites (tertiary alicyclic amines) is 1. The highest BCUT2D eigenvalue weighted by molar-refractivity contribution is 5.96. The first-order valence-corrected chi connectivity index (χ1v) is 8.40. The minimum Gasteiger partial charge on any atom is -0.480 e. The minimum absolute atomic E-state index is 0.155. The Labute approximate surface area is 151 Å². The number of nitrogens with zero attached hydrogens (tertiary/aromatic N) is 3. The summed E-state index contributed by atoms with van der Waals surface area (Å²) in [6, 6.07) is 9.37. The maximum absolute atomic E-state index is 12.9. The van der Waals surface area contributed by atoms with Crippen molar-refractivity contribution in [1.82, 2.24) is 20.0 Å². The lowest BCUT2D eigenvalue weighted by atomic mass is 10.0. The molecule has 26 heavy (non-hydrogen) atoms. The van der Waals surface area contributed by atoms with E-state index in [1.807, 2.05) is 30.3 Å². The molecule has 8 heteroatoms. The van der Waals surface area contributed by atoms with Crippen molar-refractivity contribution in [3.8, 4) is 11.6 Å². The van der Waals surface area contributed by atoms with Crippen molar-refractivity contribution in [2.45, 2.75) is 12.5 Å². The van der Waals surface area contributed by atoms with Crippen LogP contribution < -0.4 is 10.1 Å². The van der Waals surface area contributed by atoms with Crippen LogP contribution in [0.5, 0.6) is 5.88 Å². The predicted octanol–water partition coefficient (Wildman–Crippen LogP) is 0.450. The molecule has 0 unspecified atom stereocenters. The number of carbonyl (C=O) groups excluding carboxylic acids is 2. The number of aliphatic hydroxyl groups is 1. The summed E-state index contributed by atoms with van der Waals surface area (Å²) in [7, 11) is 3.04. The van der Waals surface area contributed by atoms with Crippen molar-refractivity contribution in [2.75, 3.05) is 27.2 Å². The van der Waals surface area contributed by atoms with Gasteiger partial charge in [-0.15, -0.1) is 0 Å². The molecule has 2 aromatic rings. The maximum Gasteiger partial charge on any atom is 0.261 e. The average molecular weight is 358 g/mol. The summed E-state index contributed by atoms with van der Waals surface area (Å²) in [5.74, 6) is -0.375. The van der Waals surface area contributed by atoms with Crippen LogP contribution in [-0.4, -0.2) is 65.0 Å². The molecule has 0 saturated carbocycles. The number of para-hydroxylation sites is 1. The monoisotopic (exact) mass is 358 g/mol. The number of ether oxygens (including phenoxy) is 1. The van der Waals surface area contributed by atoms with Gasteiger partial charge in [-0.1, -0.05) is 18.2 Å². The number of aliphatic hydroxyl groups excluding tert-OH is 1. The van der Waals surface area contributed by atoms with E-state index in [9.17, 15) is 14.7 Å². The Bertz CT molecular complexity index is 790. The molecular weight excluding hydrogens is 336 g/mol. The fourth-order valence-corrected chi connectivity index (χ4v) is 3.16. The normalized spacial score (nSPS) is 19.4. The van der Waals surface area contributed by atoms with Crippen LogP contribution in [0.3, 0.4) is 0 Å². The van der Waals surface area contributed by atoms with Gasteiger partial charge in [0.1, 0.15) is 5.56 Å². The summed E-state index contributed by atoms with van der Waals surface area (Å²) in [6.45, 7) is 0.493. The largest absolute Gasteiger partial charge is 0.480 e. The topological polar surface area (TPSA) is 96.7 Å². The van der Waals surface area contributed by atoms with E-state index < -0.39 is 6.10 Å². The quantitative estimate of drug-likeness (QED) is 0.809. The zero-order valence-corrected chi connectivity index (χ0v) is 14.8. The summed E-state index contributed by atoms with van der Waals surface area (Å²) >= 11 is 0. The third kappa shape index (κ3) is 3.41. The molecule has 0 spiro atoms. The number of nitrogens with one attached hydrogen (secondary N) is 1. The molecule has 8 nitrogen and oxygen atoms in total. The molecule has 1 fully saturated rings. The minimum atomic E-state index is -0.730. The van der Waals surface area contributed by atoms with Gasteiger partial charge in [0, 0.05) is 32.5 Å². The van der Waals surface area contributed by atoms with E-state index in [1.165, 1.54) is 18.2 Å². The van der Waals surface area contributed by atoms with Gasteiger partial charge in [-0.3, -0.25) is 9.59 Å². The van der Waals surface area contributed by atoms with E-state index in [0.717, 1.165) is 5.69 Å². The van der Waals surface area contributed by atoms with Crippen LogP contribution in [0.15, 0.2) is 36.5 Å². The fourth-order valence-electron chi connectivity index (χ4n) is 3.16. The Balaban J connectivity index is 1.81. The number of β-amino-alcohol motifs (C(OH)–C–C–N with tert-alkyl or cyclic N) is 1. The first-order chi connectivity index (χ1) is 12.5. The van der Waals surface area contributed by atoms with Crippen LogP contribution in [0.1, 0.15) is 16.8 Å². The number of methoxy groups -OCH3 is 1. The molecule has 2 heterocycles.